The molecule has 4 aromatic rings. The van der Waals surface area contributed by atoms with E-state index >= 15 is 0 Å². The van der Waals surface area contributed by atoms with Gasteiger partial charge in [0.05, 0.1) is 11.7 Å². The summed E-state index contributed by atoms with van der Waals surface area (Å²) in [5.74, 6) is 1.19. The van der Waals surface area contributed by atoms with Gasteiger partial charge in [0, 0.05) is 22.7 Å². The number of hydrogen-bond acceptors (Lipinski definition) is 4. The number of aromatic amines is 1. The largest absolute Gasteiger partial charge is 0.353 e. The van der Waals surface area contributed by atoms with E-state index in [0.29, 0.717) is 11.7 Å². The predicted molar refractivity (Wildman–Crippen MR) is 85.7 cm³/mol. The number of pyridine rings is 1. The normalized spacial score (nSPS) is 11.6. The van der Waals surface area contributed by atoms with Crippen LogP contribution in [0.3, 0.4) is 0 Å². The summed E-state index contributed by atoms with van der Waals surface area (Å²) in [5, 5.41) is 6.37. The molecule has 0 unspecified atom stereocenters. The zero-order valence-electron chi connectivity index (χ0n) is 12.8. The standard InChI is InChI=1S/C17H16N4O/c1-4-13-20-17(22-21-13)16-10(3)15-12(8-18-16)19-11-7-5-6-9(2)14(11)15/h5-8,19H,4H2,1-3H3. The molecule has 5 nitrogen and oxygen atoms in total. The van der Waals surface area contributed by atoms with Crippen LogP contribution in [0.15, 0.2) is 28.9 Å². The summed E-state index contributed by atoms with van der Waals surface area (Å²) < 4.78 is 5.36. The minimum Gasteiger partial charge on any atom is -0.353 e. The van der Waals surface area contributed by atoms with E-state index in [4.69, 9.17) is 4.52 Å². The SMILES string of the molecule is CCc1noc(-c2ncc3[nH]c4cccc(C)c4c3c2C)n1. The second-order valence-corrected chi connectivity index (χ2v) is 5.51. The van der Waals surface area contributed by atoms with Gasteiger partial charge in [0.25, 0.3) is 5.89 Å². The number of nitrogens with one attached hydrogen (secondary N) is 1. The maximum Gasteiger partial charge on any atom is 0.276 e. The van der Waals surface area contributed by atoms with Crippen molar-refractivity contribution in [2.24, 2.45) is 0 Å². The smallest absolute Gasteiger partial charge is 0.276 e. The van der Waals surface area contributed by atoms with Gasteiger partial charge in [-0.3, -0.25) is 0 Å². The van der Waals surface area contributed by atoms with Gasteiger partial charge in [0.15, 0.2) is 5.82 Å². The van der Waals surface area contributed by atoms with Crippen molar-refractivity contribution in [1.82, 2.24) is 20.1 Å². The van der Waals surface area contributed by atoms with Gasteiger partial charge in [-0.1, -0.05) is 24.2 Å². The van der Waals surface area contributed by atoms with Crippen LogP contribution in [0.4, 0.5) is 0 Å². The number of H-pyrrole nitrogens is 1. The van der Waals surface area contributed by atoms with Crippen LogP contribution < -0.4 is 0 Å². The molecule has 3 aromatic heterocycles. The van der Waals surface area contributed by atoms with Crippen molar-refractivity contribution >= 4 is 21.8 Å². The fourth-order valence-electron chi connectivity index (χ4n) is 2.99. The summed E-state index contributed by atoms with van der Waals surface area (Å²) >= 11 is 0. The molecule has 0 saturated carbocycles. The lowest BCUT2D eigenvalue weighted by Crippen LogP contribution is -1.90. The highest BCUT2D eigenvalue weighted by atomic mass is 16.5. The summed E-state index contributed by atoms with van der Waals surface area (Å²) in [4.78, 5) is 12.4. The van der Waals surface area contributed by atoms with Gasteiger partial charge in [-0.2, -0.15) is 4.98 Å². The van der Waals surface area contributed by atoms with Crippen LogP contribution in [-0.4, -0.2) is 20.1 Å². The van der Waals surface area contributed by atoms with E-state index in [0.717, 1.165) is 28.7 Å². The minimum atomic E-state index is 0.485. The number of rotatable bonds is 2. The van der Waals surface area contributed by atoms with E-state index in [1.807, 2.05) is 13.1 Å². The Morgan fingerprint density at radius 1 is 1.14 bits per heavy atom. The molecule has 0 aliphatic carbocycles. The number of aromatic nitrogens is 4. The second kappa shape index (κ2) is 4.66. The first-order chi connectivity index (χ1) is 10.7. The third-order valence-electron chi connectivity index (χ3n) is 4.10. The molecule has 3 heterocycles. The lowest BCUT2D eigenvalue weighted by Gasteiger charge is -2.03. The Balaban J connectivity index is 2.06. The van der Waals surface area contributed by atoms with Gasteiger partial charge in [-0.25, -0.2) is 4.98 Å². The summed E-state index contributed by atoms with van der Waals surface area (Å²) in [6.07, 6.45) is 2.59. The van der Waals surface area contributed by atoms with Crippen LogP contribution >= 0.6 is 0 Å². The zero-order chi connectivity index (χ0) is 15.3. The number of nitrogens with zero attached hydrogens (tertiary/aromatic N) is 3. The van der Waals surface area contributed by atoms with Gasteiger partial charge in [-0.05, 0) is 31.0 Å². The van der Waals surface area contributed by atoms with Crippen molar-refractivity contribution in [2.75, 3.05) is 0 Å². The van der Waals surface area contributed by atoms with Crippen molar-refractivity contribution in [2.45, 2.75) is 27.2 Å². The number of benzene rings is 1. The molecular formula is C17H16N4O. The molecular weight excluding hydrogens is 276 g/mol. The lowest BCUT2D eigenvalue weighted by atomic mass is 10.0. The van der Waals surface area contributed by atoms with Crippen molar-refractivity contribution in [3.63, 3.8) is 0 Å². The van der Waals surface area contributed by atoms with Crippen molar-refractivity contribution in [1.29, 1.82) is 0 Å². The van der Waals surface area contributed by atoms with Crippen molar-refractivity contribution in [3.05, 3.63) is 41.3 Å². The lowest BCUT2D eigenvalue weighted by molar-refractivity contribution is 0.422. The third-order valence-corrected chi connectivity index (χ3v) is 4.10. The van der Waals surface area contributed by atoms with E-state index in [-0.39, 0.29) is 0 Å². The van der Waals surface area contributed by atoms with Gasteiger partial charge >= 0.3 is 0 Å². The van der Waals surface area contributed by atoms with Crippen molar-refractivity contribution in [3.8, 4) is 11.6 Å². The Bertz CT molecular complexity index is 997. The quantitative estimate of drug-likeness (QED) is 0.607. The molecule has 0 saturated heterocycles. The molecule has 0 bridgehead atoms. The summed E-state index contributed by atoms with van der Waals surface area (Å²) in [5.41, 5.74) is 5.20. The third kappa shape index (κ3) is 1.75. The maximum absolute atomic E-state index is 5.36. The average Bonchev–Trinajstić information content (AvgIpc) is 3.12. The highest BCUT2D eigenvalue weighted by Crippen LogP contribution is 2.33. The fraction of sp³-hybridized carbons (Fsp3) is 0.235. The summed E-state index contributed by atoms with van der Waals surface area (Å²) in [7, 11) is 0. The molecule has 0 aliphatic heterocycles. The zero-order valence-corrected chi connectivity index (χ0v) is 12.8. The van der Waals surface area contributed by atoms with E-state index in [1.165, 1.54) is 16.3 Å². The Hall–Kier alpha value is -2.69. The number of aryl methyl sites for hydroxylation is 3. The maximum atomic E-state index is 5.36. The first kappa shape index (κ1) is 13.0. The van der Waals surface area contributed by atoms with Crippen LogP contribution in [0.2, 0.25) is 0 Å². The van der Waals surface area contributed by atoms with E-state index in [9.17, 15) is 0 Å². The monoisotopic (exact) mass is 292 g/mol. The highest BCUT2D eigenvalue weighted by Gasteiger charge is 2.17. The molecule has 22 heavy (non-hydrogen) atoms. The minimum absolute atomic E-state index is 0.485. The Morgan fingerprint density at radius 3 is 2.77 bits per heavy atom. The molecule has 4 rings (SSSR count). The molecule has 5 heteroatoms. The Labute approximate surface area is 127 Å². The van der Waals surface area contributed by atoms with Crippen LogP contribution in [0.5, 0.6) is 0 Å². The van der Waals surface area contributed by atoms with E-state index < -0.39 is 0 Å². The second-order valence-electron chi connectivity index (χ2n) is 5.51. The molecule has 0 spiro atoms. The molecule has 1 aromatic carbocycles. The average molecular weight is 292 g/mol. The molecule has 0 aliphatic rings. The molecule has 0 radical (unpaired) electrons. The number of fused-ring (bicyclic) bond motifs is 3. The highest BCUT2D eigenvalue weighted by molar-refractivity contribution is 6.11. The van der Waals surface area contributed by atoms with E-state index in [1.54, 1.807) is 0 Å². The first-order valence-corrected chi connectivity index (χ1v) is 7.38. The van der Waals surface area contributed by atoms with E-state index in [2.05, 4.69) is 52.2 Å². The molecule has 0 fully saturated rings. The molecule has 0 amide bonds. The molecule has 110 valence electrons. The number of hydrogen-bond donors (Lipinski definition) is 1. The predicted octanol–water partition coefficient (Wildman–Crippen LogP) is 3.95. The summed E-state index contributed by atoms with van der Waals surface area (Å²) in [6, 6.07) is 6.27. The van der Waals surface area contributed by atoms with Crippen LogP contribution in [-0.2, 0) is 6.42 Å². The van der Waals surface area contributed by atoms with Gasteiger partial charge in [0.1, 0.15) is 5.69 Å². The topological polar surface area (TPSA) is 67.6 Å². The first-order valence-electron chi connectivity index (χ1n) is 7.38. The fourth-order valence-corrected chi connectivity index (χ4v) is 2.99. The van der Waals surface area contributed by atoms with Crippen molar-refractivity contribution < 1.29 is 4.52 Å². The molecule has 1 N–H and O–H groups in total. The van der Waals surface area contributed by atoms with Crippen LogP contribution in [0.25, 0.3) is 33.4 Å². The Morgan fingerprint density at radius 2 is 2.00 bits per heavy atom. The van der Waals surface area contributed by atoms with Crippen LogP contribution in [0, 0.1) is 13.8 Å². The van der Waals surface area contributed by atoms with Gasteiger partial charge < -0.3 is 9.51 Å². The Kier molecular flexibility index (Phi) is 2.76. The summed E-state index contributed by atoms with van der Waals surface area (Å²) in [6.45, 7) is 6.18. The van der Waals surface area contributed by atoms with Gasteiger partial charge in [0.2, 0.25) is 0 Å². The van der Waals surface area contributed by atoms with Crippen LogP contribution in [0.1, 0.15) is 23.9 Å². The van der Waals surface area contributed by atoms with Gasteiger partial charge in [-0.15, -0.1) is 0 Å². The molecule has 0 atom stereocenters.